The van der Waals surface area contributed by atoms with Crippen LogP contribution in [0.2, 0.25) is 0 Å². The zero-order chi connectivity index (χ0) is 11.2. The summed E-state index contributed by atoms with van der Waals surface area (Å²) < 4.78 is 0. The standard InChI is InChI=1S/C13H18ClN2/c14-12(10-13-6-2-3-7-15-13)11-16-8-4-1-5-9-16/h2-3,7,12H,1,4-5,8-11H2. The average Bonchev–Trinajstić information content (AvgIpc) is 2.31. The first-order valence-corrected chi connectivity index (χ1v) is 6.46. The van der Waals surface area contributed by atoms with E-state index in [0.29, 0.717) is 0 Å². The van der Waals surface area contributed by atoms with Crippen LogP contribution < -0.4 is 0 Å². The first kappa shape index (κ1) is 11.9. The van der Waals surface area contributed by atoms with Crippen molar-refractivity contribution in [1.29, 1.82) is 0 Å². The summed E-state index contributed by atoms with van der Waals surface area (Å²) in [6.45, 7) is 3.39. The number of pyridine rings is 1. The Hall–Kier alpha value is -0.600. The molecule has 0 amide bonds. The van der Waals surface area contributed by atoms with E-state index in [1.54, 1.807) is 6.20 Å². The van der Waals surface area contributed by atoms with E-state index in [2.05, 4.69) is 16.0 Å². The summed E-state index contributed by atoms with van der Waals surface area (Å²) >= 11 is 6.35. The fourth-order valence-electron chi connectivity index (χ4n) is 2.17. The second-order valence-electron chi connectivity index (χ2n) is 4.39. The van der Waals surface area contributed by atoms with Crippen LogP contribution in [-0.4, -0.2) is 34.9 Å². The molecule has 1 atom stereocenters. The molecule has 2 heterocycles. The van der Waals surface area contributed by atoms with Crippen LogP contribution in [0, 0.1) is 6.07 Å². The number of halogens is 1. The van der Waals surface area contributed by atoms with Crippen LogP contribution in [0.3, 0.4) is 0 Å². The monoisotopic (exact) mass is 237 g/mol. The Balaban J connectivity index is 1.77. The van der Waals surface area contributed by atoms with Gasteiger partial charge in [-0.2, -0.15) is 0 Å². The Bertz CT molecular complexity index is 296. The van der Waals surface area contributed by atoms with Gasteiger partial charge in [0.1, 0.15) is 0 Å². The molecular weight excluding hydrogens is 220 g/mol. The van der Waals surface area contributed by atoms with Gasteiger partial charge in [0.2, 0.25) is 0 Å². The Morgan fingerprint density at radius 2 is 2.19 bits per heavy atom. The molecule has 0 saturated carbocycles. The van der Waals surface area contributed by atoms with E-state index < -0.39 is 0 Å². The van der Waals surface area contributed by atoms with Crippen LogP contribution in [0.4, 0.5) is 0 Å². The lowest BCUT2D eigenvalue weighted by Crippen LogP contribution is -2.35. The lowest BCUT2D eigenvalue weighted by atomic mass is 10.1. The van der Waals surface area contributed by atoms with Gasteiger partial charge in [-0.3, -0.25) is 4.98 Å². The first-order valence-electron chi connectivity index (χ1n) is 6.02. The largest absolute Gasteiger partial charge is 0.302 e. The average molecular weight is 238 g/mol. The van der Waals surface area contributed by atoms with Crippen molar-refractivity contribution in [1.82, 2.24) is 9.88 Å². The van der Waals surface area contributed by atoms with Crippen molar-refractivity contribution in [3.05, 3.63) is 30.1 Å². The van der Waals surface area contributed by atoms with Gasteiger partial charge in [0.25, 0.3) is 0 Å². The molecule has 16 heavy (non-hydrogen) atoms. The third-order valence-corrected chi connectivity index (χ3v) is 3.27. The van der Waals surface area contributed by atoms with E-state index in [1.165, 1.54) is 32.4 Å². The molecular formula is C13H18ClN2. The van der Waals surface area contributed by atoms with Gasteiger partial charge in [0.15, 0.2) is 0 Å². The number of rotatable bonds is 4. The van der Waals surface area contributed by atoms with Crippen LogP contribution in [0.15, 0.2) is 18.3 Å². The highest BCUT2D eigenvalue weighted by molar-refractivity contribution is 6.20. The molecule has 1 unspecified atom stereocenters. The van der Waals surface area contributed by atoms with Gasteiger partial charge in [0.05, 0.1) is 5.38 Å². The van der Waals surface area contributed by atoms with E-state index in [4.69, 9.17) is 11.6 Å². The third kappa shape index (κ3) is 3.76. The van der Waals surface area contributed by atoms with Crippen LogP contribution in [0.1, 0.15) is 25.0 Å². The SMILES string of the molecule is ClC(Cc1[c]cccn1)CN1CCCCC1. The zero-order valence-corrected chi connectivity index (χ0v) is 10.3. The van der Waals surface area contributed by atoms with Crippen LogP contribution in [0.25, 0.3) is 0 Å². The van der Waals surface area contributed by atoms with Gasteiger partial charge < -0.3 is 4.90 Å². The summed E-state index contributed by atoms with van der Waals surface area (Å²) in [6.07, 6.45) is 6.63. The predicted octanol–water partition coefficient (Wildman–Crippen LogP) is 2.52. The molecule has 3 heteroatoms. The third-order valence-electron chi connectivity index (χ3n) is 2.98. The lowest BCUT2D eigenvalue weighted by Gasteiger charge is -2.28. The second-order valence-corrected chi connectivity index (χ2v) is 5.01. The highest BCUT2D eigenvalue weighted by Gasteiger charge is 2.15. The van der Waals surface area contributed by atoms with E-state index >= 15 is 0 Å². The maximum Gasteiger partial charge on any atom is 0.0518 e. The Labute approximate surface area is 103 Å². The fraction of sp³-hybridized carbons (Fsp3) is 0.615. The minimum Gasteiger partial charge on any atom is -0.302 e. The van der Waals surface area contributed by atoms with E-state index in [1.807, 2.05) is 12.1 Å². The van der Waals surface area contributed by atoms with Crippen molar-refractivity contribution in [3.8, 4) is 0 Å². The fourth-order valence-corrected chi connectivity index (χ4v) is 2.51. The molecule has 2 rings (SSSR count). The predicted molar refractivity (Wildman–Crippen MR) is 66.7 cm³/mol. The van der Waals surface area contributed by atoms with Gasteiger partial charge in [0, 0.05) is 30.9 Å². The number of piperidine rings is 1. The summed E-state index contributed by atoms with van der Waals surface area (Å²) in [7, 11) is 0. The molecule has 1 aliphatic rings. The van der Waals surface area contributed by atoms with Crippen molar-refractivity contribution in [2.45, 2.75) is 31.1 Å². The molecule has 2 nitrogen and oxygen atoms in total. The Morgan fingerprint density at radius 1 is 1.38 bits per heavy atom. The quantitative estimate of drug-likeness (QED) is 0.749. The van der Waals surface area contributed by atoms with Crippen molar-refractivity contribution in [2.24, 2.45) is 0 Å². The maximum absolute atomic E-state index is 6.35. The highest BCUT2D eigenvalue weighted by Crippen LogP contribution is 2.12. The number of aromatic nitrogens is 1. The van der Waals surface area contributed by atoms with Gasteiger partial charge >= 0.3 is 0 Å². The number of nitrogens with zero attached hydrogens (tertiary/aromatic N) is 2. The number of alkyl halides is 1. The van der Waals surface area contributed by atoms with Crippen molar-refractivity contribution in [3.63, 3.8) is 0 Å². The summed E-state index contributed by atoms with van der Waals surface area (Å²) in [5, 5.41) is 0.157. The minimum atomic E-state index is 0.157. The van der Waals surface area contributed by atoms with Crippen molar-refractivity contribution >= 4 is 11.6 Å². The molecule has 1 aliphatic heterocycles. The zero-order valence-electron chi connectivity index (χ0n) is 9.53. The van der Waals surface area contributed by atoms with Gasteiger partial charge in [-0.1, -0.05) is 12.5 Å². The molecule has 0 N–H and O–H groups in total. The molecule has 1 radical (unpaired) electrons. The summed E-state index contributed by atoms with van der Waals surface area (Å²) in [5.74, 6) is 0. The van der Waals surface area contributed by atoms with E-state index in [-0.39, 0.29) is 5.38 Å². The van der Waals surface area contributed by atoms with E-state index in [9.17, 15) is 0 Å². The minimum absolute atomic E-state index is 0.157. The first-order chi connectivity index (χ1) is 7.84. The molecule has 0 aromatic carbocycles. The number of hydrogen-bond donors (Lipinski definition) is 0. The maximum atomic E-state index is 6.35. The smallest absolute Gasteiger partial charge is 0.0518 e. The topological polar surface area (TPSA) is 16.1 Å². The summed E-state index contributed by atoms with van der Waals surface area (Å²) in [4.78, 5) is 6.72. The van der Waals surface area contributed by atoms with E-state index in [0.717, 1.165) is 18.7 Å². The molecule has 0 bridgehead atoms. The van der Waals surface area contributed by atoms with Crippen LogP contribution >= 0.6 is 11.6 Å². The molecule has 1 aromatic heterocycles. The van der Waals surface area contributed by atoms with Crippen molar-refractivity contribution < 1.29 is 0 Å². The Kier molecular flexibility index (Phi) is 4.61. The van der Waals surface area contributed by atoms with Crippen molar-refractivity contribution in [2.75, 3.05) is 19.6 Å². The summed E-state index contributed by atoms with van der Waals surface area (Å²) in [5.41, 5.74) is 0.972. The molecule has 1 aromatic rings. The highest BCUT2D eigenvalue weighted by atomic mass is 35.5. The molecule has 87 valence electrons. The molecule has 0 aliphatic carbocycles. The number of hydrogen-bond acceptors (Lipinski definition) is 2. The Morgan fingerprint density at radius 3 is 2.88 bits per heavy atom. The second kappa shape index (κ2) is 6.21. The van der Waals surface area contributed by atoms with Crippen LogP contribution in [0.5, 0.6) is 0 Å². The number of likely N-dealkylation sites (tertiary alicyclic amines) is 1. The molecule has 0 spiro atoms. The normalized spacial score (nSPS) is 19.6. The van der Waals surface area contributed by atoms with Gasteiger partial charge in [-0.05, 0) is 32.0 Å². The van der Waals surface area contributed by atoms with Gasteiger partial charge in [-0.15, -0.1) is 11.6 Å². The van der Waals surface area contributed by atoms with Crippen LogP contribution in [-0.2, 0) is 6.42 Å². The lowest BCUT2D eigenvalue weighted by molar-refractivity contribution is 0.228. The molecule has 1 fully saturated rings. The molecule has 1 saturated heterocycles. The summed E-state index contributed by atoms with van der Waals surface area (Å²) in [6, 6.07) is 6.90. The van der Waals surface area contributed by atoms with Gasteiger partial charge in [-0.25, -0.2) is 0 Å².